The molecule has 2 bridgehead atoms. The summed E-state index contributed by atoms with van der Waals surface area (Å²) in [6.45, 7) is 26.8. The second-order valence-electron chi connectivity index (χ2n) is 24.3. The van der Waals surface area contributed by atoms with Crippen molar-refractivity contribution in [2.75, 3.05) is 27.9 Å². The number of amides is 1. The number of hydrogen-bond acceptors (Lipinski definition) is 13. The second kappa shape index (κ2) is 32.2. The minimum atomic E-state index is -2.42. The largest absolute Gasteiger partial charge is 0.460 e. The van der Waals surface area contributed by atoms with Crippen LogP contribution >= 0.6 is 0 Å². The minimum Gasteiger partial charge on any atom is -0.460 e. The van der Waals surface area contributed by atoms with Crippen molar-refractivity contribution in [3.8, 4) is 0 Å². The molecule has 0 aromatic rings. The molecular weight excluding hydrogens is 1030 g/mol. The Kier molecular flexibility index (Phi) is 28.0. The summed E-state index contributed by atoms with van der Waals surface area (Å²) < 4.78 is 45.2. The van der Waals surface area contributed by atoms with Crippen molar-refractivity contribution in [2.45, 2.75) is 258 Å². The summed E-state index contributed by atoms with van der Waals surface area (Å²) >= 11 is 0. The first kappa shape index (κ1) is 68.6. The molecule has 1 amide bonds. The van der Waals surface area contributed by atoms with Crippen LogP contribution in [0.4, 0.5) is 0 Å². The van der Waals surface area contributed by atoms with Crippen LogP contribution in [0.2, 0.25) is 36.3 Å². The van der Waals surface area contributed by atoms with Crippen molar-refractivity contribution in [1.29, 1.82) is 0 Å². The van der Waals surface area contributed by atoms with E-state index in [1.165, 1.54) is 4.90 Å². The van der Waals surface area contributed by atoms with E-state index in [2.05, 4.69) is 54.5 Å². The van der Waals surface area contributed by atoms with Gasteiger partial charge in [0.05, 0.1) is 30.5 Å². The fourth-order valence-corrected chi connectivity index (χ4v) is 18.8. The number of carbonyl (C=O) groups is 5. The third-order valence-electron chi connectivity index (χ3n) is 19.1. The van der Waals surface area contributed by atoms with Crippen molar-refractivity contribution in [3.63, 3.8) is 0 Å². The number of cyclic esters (lactones) is 1. The summed E-state index contributed by atoms with van der Waals surface area (Å²) in [6, 6.07) is 4.60. The number of nitrogens with zero attached hydrogens (tertiary/aromatic N) is 1. The van der Waals surface area contributed by atoms with E-state index in [9.17, 15) is 29.1 Å². The molecule has 4 rings (SSSR count). The summed E-state index contributed by atoms with van der Waals surface area (Å²) in [7, 11) is 0.678. The highest BCUT2D eigenvalue weighted by Gasteiger charge is 2.53. The lowest BCUT2D eigenvalue weighted by Gasteiger charge is -2.43. The number of rotatable bonds is 16. The van der Waals surface area contributed by atoms with Crippen LogP contribution in [0.25, 0.3) is 0 Å². The van der Waals surface area contributed by atoms with Gasteiger partial charge in [0.25, 0.3) is 11.7 Å². The zero-order valence-corrected chi connectivity index (χ0v) is 53.8. The number of ketones is 3. The Hall–Kier alpha value is -2.94. The number of methoxy groups -OCH3 is 3. The monoisotopic (exact) mass is 1140 g/mol. The van der Waals surface area contributed by atoms with E-state index in [1.54, 1.807) is 35.2 Å². The number of fused-ring (bicyclic) bond motifs is 3. The van der Waals surface area contributed by atoms with Crippen LogP contribution in [-0.2, 0) is 56.5 Å². The molecule has 0 radical (unpaired) electrons. The molecule has 0 aromatic heterocycles. The fraction of sp³-hybridized carbons (Fsp3) is 0.794. The predicted octanol–water partition coefficient (Wildman–Crippen LogP) is 12.2. The van der Waals surface area contributed by atoms with Gasteiger partial charge in [0.15, 0.2) is 28.2 Å². The van der Waals surface area contributed by atoms with E-state index >= 15 is 0 Å². The highest BCUT2D eigenvalue weighted by atomic mass is 28.4. The Balaban J connectivity index is 1.80. The number of piperidine rings is 1. The molecule has 1 unspecified atom stereocenters. The molecule has 79 heavy (non-hydrogen) atoms. The van der Waals surface area contributed by atoms with E-state index in [4.69, 9.17) is 32.5 Å². The maximum atomic E-state index is 14.8. The zero-order valence-electron chi connectivity index (χ0n) is 51.8. The lowest BCUT2D eigenvalue weighted by atomic mass is 9.78. The van der Waals surface area contributed by atoms with Crippen LogP contribution < -0.4 is 0 Å². The number of carbonyl (C=O) groups excluding carboxylic acids is 5. The zero-order chi connectivity index (χ0) is 58.8. The molecule has 450 valence electrons. The molecule has 1 N–H and O–H groups in total. The van der Waals surface area contributed by atoms with Gasteiger partial charge in [0, 0.05) is 58.5 Å². The summed E-state index contributed by atoms with van der Waals surface area (Å²) in [5, 5.41) is 12.1. The third-order valence-corrected chi connectivity index (χ3v) is 28.4. The molecule has 2 saturated heterocycles. The molecule has 14 nitrogen and oxygen atoms in total. The number of allylic oxidation sites excluding steroid dienone is 6. The normalized spacial score (nSPS) is 33.7. The lowest BCUT2D eigenvalue weighted by molar-refractivity contribution is -0.265. The predicted molar refractivity (Wildman–Crippen MR) is 317 cm³/mol. The summed E-state index contributed by atoms with van der Waals surface area (Å²) in [5.74, 6) is -6.96. The van der Waals surface area contributed by atoms with Gasteiger partial charge in [-0.25, -0.2) is 4.79 Å². The van der Waals surface area contributed by atoms with E-state index in [0.717, 1.165) is 61.1 Å². The Labute approximate surface area is 479 Å². The van der Waals surface area contributed by atoms with E-state index in [0.29, 0.717) is 50.5 Å². The first-order chi connectivity index (χ1) is 37.5. The van der Waals surface area contributed by atoms with Gasteiger partial charge in [-0.3, -0.25) is 19.2 Å². The van der Waals surface area contributed by atoms with Crippen LogP contribution in [0, 0.1) is 35.5 Å². The standard InChI is InChI=1S/C63H107NO13Si2/c1-17-78(18-2,19-3)76-53-34-32-49(39-56(53)72-15)38-45(10)55-41-52(65)44(9)37-47(12)58(77-79(20-4,21-5)22-6)59(73-16)57(66)46(11)36-42(7)28-24-23-25-29-43(8)54(71-14)40-50-33-31-48(13)63(70,75-50)60(67)61(68)64-35-27-26-30-51(64)62(69)74-55/h23-25,28-29,37,42,45-51,53-56,58-59,70H,17-22,26-27,30-36,38-41H2,1-16H3/t42-,45-,46-,47?,48-,49+,50+,51+,53-,54+,55+,56-,58-,59+,63-/m1/s1. The van der Waals surface area contributed by atoms with Gasteiger partial charge in [-0.2, -0.15) is 0 Å². The molecule has 3 heterocycles. The van der Waals surface area contributed by atoms with Gasteiger partial charge < -0.3 is 42.5 Å². The average Bonchev–Trinajstić information content (AvgIpc) is 3.45. The van der Waals surface area contributed by atoms with Crippen molar-refractivity contribution < 1.29 is 61.6 Å². The molecule has 1 saturated carbocycles. The van der Waals surface area contributed by atoms with Gasteiger partial charge in [-0.05, 0) is 143 Å². The number of aliphatic hydroxyl groups is 1. The molecular formula is C63H107NO13Si2. The highest BCUT2D eigenvalue weighted by Crippen LogP contribution is 2.40. The van der Waals surface area contributed by atoms with Crippen molar-refractivity contribution in [2.24, 2.45) is 35.5 Å². The number of ether oxygens (including phenoxy) is 5. The van der Waals surface area contributed by atoms with E-state index in [1.807, 2.05) is 58.1 Å². The van der Waals surface area contributed by atoms with Crippen LogP contribution in [0.3, 0.4) is 0 Å². The molecule has 4 aliphatic rings. The average molecular weight is 1140 g/mol. The van der Waals surface area contributed by atoms with Gasteiger partial charge >= 0.3 is 5.97 Å². The van der Waals surface area contributed by atoms with E-state index < -0.39 is 88.5 Å². The molecule has 3 fully saturated rings. The lowest BCUT2D eigenvalue weighted by Crippen LogP contribution is -2.61. The molecule has 15 atom stereocenters. The molecule has 1 aliphatic carbocycles. The minimum absolute atomic E-state index is 0.00630. The maximum Gasteiger partial charge on any atom is 0.329 e. The summed E-state index contributed by atoms with van der Waals surface area (Å²) in [6.07, 6.45) is 14.6. The van der Waals surface area contributed by atoms with Crippen molar-refractivity contribution in [3.05, 3.63) is 47.6 Å². The Morgan fingerprint density at radius 1 is 0.747 bits per heavy atom. The quantitative estimate of drug-likeness (QED) is 0.0879. The van der Waals surface area contributed by atoms with Gasteiger partial charge in [0.2, 0.25) is 5.79 Å². The topological polar surface area (TPSA) is 173 Å². The van der Waals surface area contributed by atoms with Crippen molar-refractivity contribution in [1.82, 2.24) is 4.90 Å². The first-order valence-electron chi connectivity index (χ1n) is 30.7. The molecule has 0 spiro atoms. The first-order valence-corrected chi connectivity index (χ1v) is 35.7. The number of esters is 1. The number of hydrogen-bond donors (Lipinski definition) is 1. The highest BCUT2D eigenvalue weighted by molar-refractivity contribution is 6.74. The smallest absolute Gasteiger partial charge is 0.329 e. The van der Waals surface area contributed by atoms with Gasteiger partial charge in [-0.15, -0.1) is 0 Å². The Morgan fingerprint density at radius 2 is 1.39 bits per heavy atom. The maximum absolute atomic E-state index is 14.8. The van der Waals surface area contributed by atoms with Crippen LogP contribution in [0.5, 0.6) is 0 Å². The van der Waals surface area contributed by atoms with Crippen LogP contribution in [0.15, 0.2) is 47.6 Å². The SMILES string of the molecule is CC[Si](CC)(CC)O[C@@H]1C(C)C=C(C)C(=O)C[C@@H]([C@H](C)C[C@@H]2CC[C@@H](O[Si](CC)(CC)CC)[C@H](OC)C2)OC(=O)[C@@H]2CCCCN2C(=O)C(=O)[C@]2(O)O[C@@H](CC[C@H]2C)C[C@H](OC)C(C)=CC=CC=C[C@@H](C)C[C@@H](C)C(=O)[C@@H]1OC. The van der Waals surface area contributed by atoms with E-state index in [-0.39, 0.29) is 66.8 Å². The van der Waals surface area contributed by atoms with Gasteiger partial charge in [0.1, 0.15) is 18.2 Å². The Bertz CT molecular complexity index is 2080. The van der Waals surface area contributed by atoms with Crippen LogP contribution in [0.1, 0.15) is 167 Å². The third kappa shape index (κ3) is 18.0. The molecule has 0 aromatic carbocycles. The van der Waals surface area contributed by atoms with Gasteiger partial charge in [-0.1, -0.05) is 113 Å². The molecule has 16 heteroatoms. The summed E-state index contributed by atoms with van der Waals surface area (Å²) in [5.41, 5.74) is 1.36. The van der Waals surface area contributed by atoms with Crippen molar-refractivity contribution >= 4 is 45.9 Å². The second-order valence-corrected chi connectivity index (χ2v) is 33.7. The summed E-state index contributed by atoms with van der Waals surface area (Å²) in [4.78, 5) is 74.6. The number of Topliss-reactive ketones (excluding diaryl/α,β-unsaturated/α-hetero) is 3. The van der Waals surface area contributed by atoms with Crippen LogP contribution in [-0.4, -0.2) is 138 Å². The molecule has 3 aliphatic heterocycles. The fourth-order valence-electron chi connectivity index (χ4n) is 13.0. The Morgan fingerprint density at radius 3 is 2.00 bits per heavy atom.